The van der Waals surface area contributed by atoms with Gasteiger partial charge in [-0.1, -0.05) is 13.8 Å². The maximum atomic E-state index is 9.08. The molecule has 5 nitrogen and oxygen atoms in total. The van der Waals surface area contributed by atoms with Crippen LogP contribution in [-0.2, 0) is 4.74 Å². The average Bonchev–Trinajstić information content (AvgIpc) is 2.27. The van der Waals surface area contributed by atoms with Crippen molar-refractivity contribution in [2.45, 2.75) is 20.0 Å². The zero-order chi connectivity index (χ0) is 11.3. The van der Waals surface area contributed by atoms with E-state index in [-0.39, 0.29) is 18.1 Å². The number of methoxy groups -OCH3 is 1. The number of ether oxygens (including phenoxy) is 1. The van der Waals surface area contributed by atoms with Crippen LogP contribution in [0.3, 0.4) is 0 Å². The third kappa shape index (κ3) is 4.05. The fourth-order valence-electron chi connectivity index (χ4n) is 1.18. The van der Waals surface area contributed by atoms with Crippen molar-refractivity contribution in [2.75, 3.05) is 33.4 Å². The molecule has 0 bridgehead atoms. The molecule has 0 saturated heterocycles. The lowest BCUT2D eigenvalue weighted by Gasteiger charge is -2.26. The van der Waals surface area contributed by atoms with E-state index in [2.05, 4.69) is 15.6 Å². The second-order valence-electron chi connectivity index (χ2n) is 4.60. The van der Waals surface area contributed by atoms with Gasteiger partial charge in [-0.2, -0.15) is 0 Å². The van der Waals surface area contributed by atoms with E-state index < -0.39 is 0 Å². The molecule has 5 heteroatoms. The summed E-state index contributed by atoms with van der Waals surface area (Å²) in [7, 11) is 1.69. The van der Waals surface area contributed by atoms with Crippen molar-refractivity contribution in [3.05, 3.63) is 0 Å². The van der Waals surface area contributed by atoms with E-state index in [1.54, 1.807) is 7.11 Å². The van der Waals surface area contributed by atoms with Crippen LogP contribution in [0.2, 0.25) is 0 Å². The minimum Gasteiger partial charge on any atom is -0.396 e. The third-order valence-electron chi connectivity index (χ3n) is 2.45. The molecule has 0 aromatic carbocycles. The van der Waals surface area contributed by atoms with E-state index in [1.807, 2.05) is 13.8 Å². The predicted octanol–water partition coefficient (Wildman–Crippen LogP) is -0.431. The van der Waals surface area contributed by atoms with Gasteiger partial charge in [0.15, 0.2) is 5.96 Å². The van der Waals surface area contributed by atoms with Crippen molar-refractivity contribution < 1.29 is 9.84 Å². The lowest BCUT2D eigenvalue weighted by atomic mass is 9.95. The third-order valence-corrected chi connectivity index (χ3v) is 2.45. The predicted molar refractivity (Wildman–Crippen MR) is 60.0 cm³/mol. The molecular formula is C10H21N3O2. The fraction of sp³-hybridized carbons (Fsp3) is 0.900. The van der Waals surface area contributed by atoms with Crippen LogP contribution in [0.1, 0.15) is 13.8 Å². The van der Waals surface area contributed by atoms with Gasteiger partial charge in [0.25, 0.3) is 0 Å². The van der Waals surface area contributed by atoms with E-state index in [0.717, 1.165) is 12.5 Å². The van der Waals surface area contributed by atoms with E-state index in [0.29, 0.717) is 13.1 Å². The van der Waals surface area contributed by atoms with Crippen molar-refractivity contribution in [1.29, 1.82) is 0 Å². The number of nitrogens with zero attached hydrogens (tertiary/aromatic N) is 1. The Morgan fingerprint density at radius 3 is 2.87 bits per heavy atom. The maximum Gasteiger partial charge on any atom is 0.191 e. The minimum absolute atomic E-state index is 0.123. The van der Waals surface area contributed by atoms with Gasteiger partial charge in [0, 0.05) is 32.2 Å². The first kappa shape index (κ1) is 12.3. The molecule has 88 valence electrons. The molecule has 3 N–H and O–H groups in total. The number of aliphatic hydroxyl groups excluding tert-OH is 1. The lowest BCUT2D eigenvalue weighted by Crippen LogP contribution is -2.49. The lowest BCUT2D eigenvalue weighted by molar-refractivity contribution is 0.108. The van der Waals surface area contributed by atoms with Gasteiger partial charge in [-0.05, 0) is 0 Å². The summed E-state index contributed by atoms with van der Waals surface area (Å²) in [5.74, 6) is 0.796. The number of hydrogen-bond acceptors (Lipinski definition) is 5. The second-order valence-corrected chi connectivity index (χ2v) is 4.60. The first-order chi connectivity index (χ1) is 7.07. The summed E-state index contributed by atoms with van der Waals surface area (Å²) in [4.78, 5) is 4.31. The van der Waals surface area contributed by atoms with Gasteiger partial charge in [-0.25, -0.2) is 0 Å². The molecular weight excluding hydrogens is 194 g/mol. The van der Waals surface area contributed by atoms with Crippen molar-refractivity contribution in [1.82, 2.24) is 10.6 Å². The number of nitrogens with one attached hydrogen (secondary N) is 2. The minimum atomic E-state index is -0.123. The van der Waals surface area contributed by atoms with E-state index in [9.17, 15) is 0 Å². The van der Waals surface area contributed by atoms with Crippen LogP contribution in [0.5, 0.6) is 0 Å². The number of hydrogen-bond donors (Lipinski definition) is 3. The van der Waals surface area contributed by atoms with Crippen LogP contribution in [0, 0.1) is 5.41 Å². The Labute approximate surface area is 90.9 Å². The molecule has 1 atom stereocenters. The molecule has 0 spiro atoms. The van der Waals surface area contributed by atoms with Gasteiger partial charge in [-0.3, -0.25) is 4.99 Å². The largest absolute Gasteiger partial charge is 0.396 e. The molecule has 0 aromatic rings. The molecule has 0 aliphatic carbocycles. The molecule has 1 rings (SSSR count). The zero-order valence-corrected chi connectivity index (χ0v) is 9.71. The van der Waals surface area contributed by atoms with E-state index in [4.69, 9.17) is 9.84 Å². The monoisotopic (exact) mass is 215 g/mol. The Hall–Kier alpha value is -0.810. The van der Waals surface area contributed by atoms with Gasteiger partial charge < -0.3 is 20.5 Å². The summed E-state index contributed by atoms with van der Waals surface area (Å²) in [6.07, 6.45) is 0.168. The van der Waals surface area contributed by atoms with Crippen LogP contribution in [0.25, 0.3) is 0 Å². The van der Waals surface area contributed by atoms with Crippen LogP contribution >= 0.6 is 0 Å². The number of rotatable bonds is 4. The number of guanidine groups is 1. The molecule has 0 aromatic heterocycles. The highest BCUT2D eigenvalue weighted by atomic mass is 16.5. The summed E-state index contributed by atoms with van der Waals surface area (Å²) >= 11 is 0. The fourth-order valence-corrected chi connectivity index (χ4v) is 1.18. The normalized spacial score (nSPS) is 21.9. The molecule has 15 heavy (non-hydrogen) atoms. The Balaban J connectivity index is 2.32. The van der Waals surface area contributed by atoms with Gasteiger partial charge in [0.2, 0.25) is 0 Å². The number of aliphatic imine (C=N–C) groups is 1. The Bertz CT molecular complexity index is 229. The zero-order valence-electron chi connectivity index (χ0n) is 9.71. The summed E-state index contributed by atoms with van der Waals surface area (Å²) in [6.45, 7) is 6.33. The Morgan fingerprint density at radius 2 is 2.40 bits per heavy atom. The first-order valence-corrected chi connectivity index (χ1v) is 5.23. The molecule has 1 aliphatic heterocycles. The van der Waals surface area contributed by atoms with Crippen molar-refractivity contribution in [2.24, 2.45) is 10.4 Å². The van der Waals surface area contributed by atoms with Crippen molar-refractivity contribution in [3.63, 3.8) is 0 Å². The highest BCUT2D eigenvalue weighted by Gasteiger charge is 2.19. The highest BCUT2D eigenvalue weighted by molar-refractivity contribution is 5.80. The molecule has 1 unspecified atom stereocenters. The van der Waals surface area contributed by atoms with Crippen molar-refractivity contribution in [3.8, 4) is 0 Å². The standard InChI is InChI=1S/C10H21N3O2/c1-10(2,7-14)6-13-9-11-4-8(15-3)5-12-9/h8,14H,4-7H2,1-3H3,(H2,11,12,13). The Morgan fingerprint density at radius 1 is 1.67 bits per heavy atom. The van der Waals surface area contributed by atoms with Crippen LogP contribution in [-0.4, -0.2) is 50.5 Å². The first-order valence-electron chi connectivity index (χ1n) is 5.23. The van der Waals surface area contributed by atoms with Crippen LogP contribution < -0.4 is 10.6 Å². The molecule has 0 amide bonds. The maximum absolute atomic E-state index is 9.08. The molecule has 1 heterocycles. The van der Waals surface area contributed by atoms with Gasteiger partial charge in [0.1, 0.15) is 0 Å². The molecule has 0 fully saturated rings. The van der Waals surface area contributed by atoms with Crippen molar-refractivity contribution >= 4 is 5.96 Å². The number of aliphatic hydroxyl groups is 1. The molecule has 1 aliphatic rings. The highest BCUT2D eigenvalue weighted by Crippen LogP contribution is 2.11. The van der Waals surface area contributed by atoms with E-state index >= 15 is 0 Å². The second kappa shape index (κ2) is 5.32. The van der Waals surface area contributed by atoms with Crippen LogP contribution in [0.4, 0.5) is 0 Å². The SMILES string of the molecule is COC1CN=C(NCC(C)(C)CO)NC1. The van der Waals surface area contributed by atoms with Gasteiger partial charge in [0.05, 0.1) is 12.6 Å². The summed E-state index contributed by atoms with van der Waals surface area (Å²) in [6, 6.07) is 0. The molecule has 0 radical (unpaired) electrons. The van der Waals surface area contributed by atoms with Gasteiger partial charge >= 0.3 is 0 Å². The van der Waals surface area contributed by atoms with E-state index in [1.165, 1.54) is 0 Å². The summed E-state index contributed by atoms with van der Waals surface area (Å²) in [5, 5.41) is 15.4. The molecule has 0 saturated carbocycles. The Kier molecular flexibility index (Phi) is 4.35. The van der Waals surface area contributed by atoms with Crippen LogP contribution in [0.15, 0.2) is 4.99 Å². The topological polar surface area (TPSA) is 65.9 Å². The summed E-state index contributed by atoms with van der Waals surface area (Å²) < 4.78 is 5.17. The summed E-state index contributed by atoms with van der Waals surface area (Å²) in [5.41, 5.74) is -0.123. The average molecular weight is 215 g/mol. The smallest absolute Gasteiger partial charge is 0.191 e. The van der Waals surface area contributed by atoms with Gasteiger partial charge in [-0.15, -0.1) is 0 Å². The quantitative estimate of drug-likeness (QED) is 0.595.